The molecule has 0 aliphatic carbocycles. The van der Waals surface area contributed by atoms with Gasteiger partial charge in [-0.15, -0.1) is 12.4 Å². The highest BCUT2D eigenvalue weighted by atomic mass is 35.5. The lowest BCUT2D eigenvalue weighted by atomic mass is 10.2. The van der Waals surface area contributed by atoms with Crippen molar-refractivity contribution in [3.63, 3.8) is 0 Å². The number of nitrogens with one attached hydrogen (secondary N) is 1. The van der Waals surface area contributed by atoms with Gasteiger partial charge in [-0.1, -0.05) is 6.42 Å². The zero-order chi connectivity index (χ0) is 19.9. The Balaban J connectivity index is 0.00000392. The van der Waals surface area contributed by atoms with Crippen LogP contribution in [0.1, 0.15) is 32.6 Å². The number of hydrogen-bond donors (Lipinski definition) is 2. The van der Waals surface area contributed by atoms with Crippen LogP contribution >= 0.6 is 12.4 Å². The highest BCUT2D eigenvalue weighted by molar-refractivity contribution is 7.89. The van der Waals surface area contributed by atoms with Crippen LogP contribution in [0.25, 0.3) is 0 Å². The molecule has 1 aliphatic rings. The van der Waals surface area contributed by atoms with E-state index >= 15 is 0 Å². The Labute approximate surface area is 173 Å². The van der Waals surface area contributed by atoms with Crippen molar-refractivity contribution >= 4 is 34.0 Å². The van der Waals surface area contributed by atoms with Crippen LogP contribution in [0.4, 0.5) is 5.69 Å². The number of amides is 1. The van der Waals surface area contributed by atoms with E-state index in [2.05, 4.69) is 5.32 Å². The summed E-state index contributed by atoms with van der Waals surface area (Å²) in [6, 6.07) is 4.66. The van der Waals surface area contributed by atoms with Crippen molar-refractivity contribution in [3.8, 4) is 5.75 Å². The second kappa shape index (κ2) is 11.6. The maximum Gasteiger partial charge on any atom is 0.246 e. The van der Waals surface area contributed by atoms with Gasteiger partial charge in [-0.05, 0) is 38.0 Å². The second-order valence-corrected chi connectivity index (χ2v) is 8.31. The molecule has 1 unspecified atom stereocenters. The first-order valence-corrected chi connectivity index (χ1v) is 10.7. The number of benzene rings is 1. The fraction of sp³-hybridized carbons (Fsp3) is 0.611. The van der Waals surface area contributed by atoms with E-state index in [0.29, 0.717) is 25.4 Å². The van der Waals surface area contributed by atoms with Gasteiger partial charge >= 0.3 is 0 Å². The third-order valence-corrected chi connectivity index (χ3v) is 6.39. The van der Waals surface area contributed by atoms with Crippen LogP contribution < -0.4 is 15.8 Å². The van der Waals surface area contributed by atoms with Crippen LogP contribution in [0.2, 0.25) is 0 Å². The number of anilines is 1. The van der Waals surface area contributed by atoms with Crippen LogP contribution in [-0.4, -0.2) is 58.1 Å². The molecule has 1 aromatic carbocycles. The number of carbonyl (C=O) groups excluding carboxylic acids is 1. The Morgan fingerprint density at radius 3 is 2.54 bits per heavy atom. The third kappa shape index (κ3) is 6.31. The number of methoxy groups -OCH3 is 1. The Morgan fingerprint density at radius 2 is 1.96 bits per heavy atom. The Bertz CT molecular complexity index is 735. The molecule has 0 radical (unpaired) electrons. The van der Waals surface area contributed by atoms with Crippen molar-refractivity contribution in [2.24, 2.45) is 5.73 Å². The largest absolute Gasteiger partial charge is 0.492 e. The number of nitrogens with two attached hydrogens (primary N) is 1. The summed E-state index contributed by atoms with van der Waals surface area (Å²) in [5.74, 6) is -0.00409. The predicted molar refractivity (Wildman–Crippen MR) is 111 cm³/mol. The van der Waals surface area contributed by atoms with Gasteiger partial charge < -0.3 is 20.5 Å². The fourth-order valence-electron chi connectivity index (χ4n) is 2.99. The number of halogens is 1. The van der Waals surface area contributed by atoms with E-state index in [1.165, 1.54) is 17.5 Å². The minimum absolute atomic E-state index is 0. The number of nitrogens with zero attached hydrogens (tertiary/aromatic N) is 1. The molecule has 1 atom stereocenters. The average molecular weight is 436 g/mol. The molecule has 1 aromatic rings. The minimum Gasteiger partial charge on any atom is -0.492 e. The molecule has 1 amide bonds. The first kappa shape index (κ1) is 24.6. The molecule has 0 spiro atoms. The number of sulfonamides is 1. The van der Waals surface area contributed by atoms with E-state index in [1.807, 2.05) is 0 Å². The van der Waals surface area contributed by atoms with Gasteiger partial charge in [-0.3, -0.25) is 4.79 Å². The van der Waals surface area contributed by atoms with Gasteiger partial charge in [0.25, 0.3) is 0 Å². The molecule has 0 saturated carbocycles. The van der Waals surface area contributed by atoms with Gasteiger partial charge in [-0.2, -0.15) is 4.31 Å². The molecule has 2 rings (SSSR count). The van der Waals surface area contributed by atoms with E-state index in [-0.39, 0.29) is 48.0 Å². The maximum atomic E-state index is 13.1. The molecule has 28 heavy (non-hydrogen) atoms. The summed E-state index contributed by atoms with van der Waals surface area (Å²) in [5.41, 5.74) is 5.93. The van der Waals surface area contributed by atoms with Gasteiger partial charge in [0, 0.05) is 32.4 Å². The van der Waals surface area contributed by atoms with Gasteiger partial charge in [0.2, 0.25) is 15.9 Å². The van der Waals surface area contributed by atoms with Crippen LogP contribution in [0, 0.1) is 0 Å². The highest BCUT2D eigenvalue weighted by Gasteiger charge is 2.29. The lowest BCUT2D eigenvalue weighted by Gasteiger charge is -2.27. The summed E-state index contributed by atoms with van der Waals surface area (Å²) in [6.07, 6.45) is 2.43. The smallest absolute Gasteiger partial charge is 0.246 e. The SMILES string of the molecule is CCOc1ccc(NC(=O)CC(CN)OC)cc1S(=O)(=O)N1CCCCC1.Cl. The molecule has 1 saturated heterocycles. The van der Waals surface area contributed by atoms with Crippen molar-refractivity contribution in [1.29, 1.82) is 0 Å². The number of ether oxygens (including phenoxy) is 2. The summed E-state index contributed by atoms with van der Waals surface area (Å²) >= 11 is 0. The molecular weight excluding hydrogens is 406 g/mol. The van der Waals surface area contributed by atoms with E-state index in [4.69, 9.17) is 15.2 Å². The minimum atomic E-state index is -3.69. The number of carbonyl (C=O) groups is 1. The van der Waals surface area contributed by atoms with Crippen LogP contribution in [0.3, 0.4) is 0 Å². The van der Waals surface area contributed by atoms with E-state index in [1.54, 1.807) is 19.1 Å². The molecule has 10 heteroatoms. The van der Waals surface area contributed by atoms with Crippen molar-refractivity contribution in [1.82, 2.24) is 4.31 Å². The molecule has 0 aromatic heterocycles. The molecule has 3 N–H and O–H groups in total. The molecule has 0 bridgehead atoms. The van der Waals surface area contributed by atoms with Gasteiger partial charge in [0.15, 0.2) is 0 Å². The monoisotopic (exact) mass is 435 g/mol. The van der Waals surface area contributed by atoms with E-state index in [0.717, 1.165) is 19.3 Å². The Hall–Kier alpha value is -1.39. The first-order chi connectivity index (χ1) is 12.9. The normalized spacial score (nSPS) is 16.1. The first-order valence-electron chi connectivity index (χ1n) is 9.22. The zero-order valence-corrected chi connectivity index (χ0v) is 18.0. The van der Waals surface area contributed by atoms with Crippen molar-refractivity contribution in [3.05, 3.63) is 18.2 Å². The molecule has 160 valence electrons. The standard InChI is InChI=1S/C18H29N3O5S.ClH/c1-3-26-16-8-7-14(20-18(22)12-15(13-19)25-2)11-17(16)27(23,24)21-9-5-4-6-10-21;/h7-8,11,15H,3-6,9-10,12-13,19H2,1-2H3,(H,20,22);1H. The molecule has 1 fully saturated rings. The quantitative estimate of drug-likeness (QED) is 0.613. The van der Waals surface area contributed by atoms with E-state index < -0.39 is 10.0 Å². The van der Waals surface area contributed by atoms with Crippen molar-refractivity contribution in [2.75, 3.05) is 38.7 Å². The summed E-state index contributed by atoms with van der Waals surface area (Å²) in [7, 11) is -2.20. The molecular formula is C18H30ClN3O5S. The predicted octanol–water partition coefficient (Wildman–Crippen LogP) is 1.98. The fourth-order valence-corrected chi connectivity index (χ4v) is 4.66. The van der Waals surface area contributed by atoms with Crippen LogP contribution in [0.15, 0.2) is 23.1 Å². The molecule has 1 aliphatic heterocycles. The van der Waals surface area contributed by atoms with Gasteiger partial charge in [0.1, 0.15) is 10.6 Å². The number of rotatable bonds is 9. The highest BCUT2D eigenvalue weighted by Crippen LogP contribution is 2.31. The summed E-state index contributed by atoms with van der Waals surface area (Å²) in [6.45, 7) is 3.36. The average Bonchev–Trinajstić information content (AvgIpc) is 2.68. The Morgan fingerprint density at radius 1 is 1.29 bits per heavy atom. The topological polar surface area (TPSA) is 111 Å². The van der Waals surface area contributed by atoms with Crippen LogP contribution in [-0.2, 0) is 19.6 Å². The second-order valence-electron chi connectivity index (χ2n) is 6.40. The summed E-state index contributed by atoms with van der Waals surface area (Å²) < 4.78 is 38.3. The van der Waals surface area contributed by atoms with Crippen molar-refractivity contribution < 1.29 is 22.7 Å². The van der Waals surface area contributed by atoms with E-state index in [9.17, 15) is 13.2 Å². The molecule has 8 nitrogen and oxygen atoms in total. The maximum absolute atomic E-state index is 13.1. The van der Waals surface area contributed by atoms with Gasteiger partial charge in [-0.25, -0.2) is 8.42 Å². The lowest BCUT2D eigenvalue weighted by molar-refractivity contribution is -0.118. The number of hydrogen-bond acceptors (Lipinski definition) is 6. The van der Waals surface area contributed by atoms with Crippen molar-refractivity contribution in [2.45, 2.75) is 43.6 Å². The summed E-state index contributed by atoms with van der Waals surface area (Å²) in [4.78, 5) is 12.3. The molecule has 1 heterocycles. The number of piperidine rings is 1. The Kier molecular flexibility index (Phi) is 10.2. The summed E-state index contributed by atoms with van der Waals surface area (Å²) in [5, 5.41) is 2.71. The van der Waals surface area contributed by atoms with Gasteiger partial charge in [0.05, 0.1) is 19.1 Å². The third-order valence-electron chi connectivity index (χ3n) is 4.47. The lowest BCUT2D eigenvalue weighted by Crippen LogP contribution is -2.35. The zero-order valence-electron chi connectivity index (χ0n) is 16.3. The van der Waals surface area contributed by atoms with Crippen LogP contribution in [0.5, 0.6) is 5.75 Å².